The van der Waals surface area contributed by atoms with E-state index in [-0.39, 0.29) is 11.3 Å². The number of esters is 1. The van der Waals surface area contributed by atoms with E-state index >= 15 is 0 Å². The molecule has 1 heterocycles. The first-order valence-electron chi connectivity index (χ1n) is 5.51. The van der Waals surface area contributed by atoms with E-state index in [4.69, 9.17) is 4.74 Å². The molecule has 1 spiro atoms. The lowest BCUT2D eigenvalue weighted by Crippen LogP contribution is -2.64. The van der Waals surface area contributed by atoms with Crippen LogP contribution in [0.15, 0.2) is 0 Å². The third kappa shape index (κ3) is 0.880. The van der Waals surface area contributed by atoms with Crippen LogP contribution in [0.1, 0.15) is 33.1 Å². The number of rotatable bonds is 0. The van der Waals surface area contributed by atoms with E-state index in [0.717, 1.165) is 23.8 Å². The monoisotopic (exact) mass is 209 g/mol. The number of carbonyl (C=O) groups is 1. The van der Waals surface area contributed by atoms with Crippen molar-refractivity contribution in [3.63, 3.8) is 0 Å². The Morgan fingerprint density at radius 2 is 2.33 bits per heavy atom. The molecule has 0 unspecified atom stereocenters. The van der Waals surface area contributed by atoms with Crippen molar-refractivity contribution in [1.82, 2.24) is 0 Å². The predicted molar refractivity (Wildman–Crippen MR) is 53.1 cm³/mol. The van der Waals surface area contributed by atoms with Crippen LogP contribution in [-0.2, 0) is 9.53 Å². The molecule has 0 amide bonds. The molecule has 3 atom stereocenters. The van der Waals surface area contributed by atoms with Crippen LogP contribution in [0.4, 0.5) is 0 Å². The Kier molecular flexibility index (Phi) is 1.45. The lowest BCUT2D eigenvalue weighted by atomic mass is 9.46. The molecule has 3 fully saturated rings. The number of hydrogen-bond acceptors (Lipinski definition) is 3. The molecule has 0 radical (unpaired) electrons. The van der Waals surface area contributed by atoms with Gasteiger partial charge in [0.2, 0.25) is 0 Å². The second-order valence-electron chi connectivity index (χ2n) is 5.57. The van der Waals surface area contributed by atoms with Crippen LogP contribution in [0.2, 0.25) is 0 Å². The second kappa shape index (κ2) is 2.36. The Bertz CT molecular complexity index is 372. The van der Waals surface area contributed by atoms with Crippen molar-refractivity contribution in [3.05, 3.63) is 5.21 Å². The minimum absolute atomic E-state index is 0.138. The number of hydroxylamine groups is 1. The van der Waals surface area contributed by atoms with E-state index in [2.05, 4.69) is 13.8 Å². The molecule has 4 nitrogen and oxygen atoms in total. The zero-order valence-electron chi connectivity index (χ0n) is 9.03. The van der Waals surface area contributed by atoms with Gasteiger partial charge in [0, 0.05) is 0 Å². The summed E-state index contributed by atoms with van der Waals surface area (Å²) in [7, 11) is 0. The number of carbonyl (C=O) groups excluding carboxylic acids is 1. The quantitative estimate of drug-likeness (QED) is 0.343. The van der Waals surface area contributed by atoms with E-state index in [1.54, 1.807) is 0 Å². The molecule has 0 saturated heterocycles. The Balaban J connectivity index is 2.01. The maximum absolute atomic E-state index is 11.8. The van der Waals surface area contributed by atoms with Crippen LogP contribution in [0.3, 0.4) is 0 Å². The maximum Gasteiger partial charge on any atom is 0.401 e. The predicted octanol–water partition coefficient (Wildman–Crippen LogP) is 1.28. The molecule has 4 heteroatoms. The van der Waals surface area contributed by atoms with Gasteiger partial charge in [0.05, 0.1) is 12.3 Å². The summed E-state index contributed by atoms with van der Waals surface area (Å²) in [6, 6.07) is 0. The maximum atomic E-state index is 11.8. The Morgan fingerprint density at radius 3 is 2.80 bits per heavy atom. The first-order valence-corrected chi connectivity index (χ1v) is 5.51. The lowest BCUT2D eigenvalue weighted by Gasteiger charge is -2.60. The van der Waals surface area contributed by atoms with E-state index in [9.17, 15) is 10.0 Å². The smallest absolute Gasteiger partial charge is 0.401 e. The molecular weight excluding hydrogens is 194 g/mol. The summed E-state index contributed by atoms with van der Waals surface area (Å²) in [5, 5.41) is 11.8. The zero-order chi connectivity index (χ0) is 10.8. The van der Waals surface area contributed by atoms with Crippen molar-refractivity contribution < 1.29 is 14.3 Å². The van der Waals surface area contributed by atoms with Gasteiger partial charge in [0.15, 0.2) is 0 Å². The van der Waals surface area contributed by atoms with Gasteiger partial charge in [-0.25, -0.2) is 4.79 Å². The first kappa shape index (κ1) is 9.19. The molecule has 0 aromatic carbocycles. The highest BCUT2D eigenvalue weighted by molar-refractivity contribution is 6.22. The van der Waals surface area contributed by atoms with E-state index in [1.807, 2.05) is 0 Å². The first-order chi connectivity index (χ1) is 6.97. The third-order valence-corrected chi connectivity index (χ3v) is 4.74. The summed E-state index contributed by atoms with van der Waals surface area (Å²) in [5.41, 5.74) is -0.727. The largest absolute Gasteiger partial charge is 0.621 e. The van der Waals surface area contributed by atoms with Crippen LogP contribution in [0.25, 0.3) is 0 Å². The van der Waals surface area contributed by atoms with Crippen LogP contribution in [0.5, 0.6) is 0 Å². The van der Waals surface area contributed by atoms with Crippen molar-refractivity contribution in [2.45, 2.75) is 38.8 Å². The summed E-state index contributed by atoms with van der Waals surface area (Å²) in [4.78, 5) is 11.2. The van der Waals surface area contributed by atoms with Crippen molar-refractivity contribution in [2.75, 3.05) is 0 Å². The van der Waals surface area contributed by atoms with Crippen LogP contribution < -0.4 is 0 Å². The van der Waals surface area contributed by atoms with E-state index in [1.165, 1.54) is 0 Å². The van der Waals surface area contributed by atoms with Gasteiger partial charge in [0.1, 0.15) is 0 Å². The van der Waals surface area contributed by atoms with Crippen molar-refractivity contribution >= 4 is 12.2 Å². The van der Waals surface area contributed by atoms with Crippen LogP contribution >= 0.6 is 0 Å². The van der Waals surface area contributed by atoms with Gasteiger partial charge in [0.25, 0.3) is 6.21 Å². The zero-order valence-corrected chi connectivity index (χ0v) is 9.03. The summed E-state index contributed by atoms with van der Waals surface area (Å²) < 4.78 is 6.07. The van der Waals surface area contributed by atoms with Gasteiger partial charge < -0.3 is 9.94 Å². The van der Waals surface area contributed by atoms with Gasteiger partial charge in [-0.15, -0.1) is 0 Å². The third-order valence-electron chi connectivity index (χ3n) is 4.74. The van der Waals surface area contributed by atoms with Crippen molar-refractivity contribution in [1.29, 1.82) is 0 Å². The molecule has 82 valence electrons. The Morgan fingerprint density at radius 1 is 1.60 bits per heavy atom. The molecule has 1 aliphatic heterocycles. The summed E-state index contributed by atoms with van der Waals surface area (Å²) in [5.74, 6) is 0.413. The Hall–Kier alpha value is -1.06. The van der Waals surface area contributed by atoms with Gasteiger partial charge in [-0.3, -0.25) is 0 Å². The molecule has 4 aliphatic rings. The highest BCUT2D eigenvalue weighted by atomic mass is 16.6. The average Bonchev–Trinajstić information content (AvgIpc) is 2.41. The molecule has 3 saturated carbocycles. The van der Waals surface area contributed by atoms with Crippen LogP contribution in [0, 0.1) is 22.5 Å². The number of nitrogens with zero attached hydrogens (tertiary/aromatic N) is 1. The normalized spacial score (nSPS) is 46.0. The SMILES string of the molecule is CC1(C)[C@H]2CC[C@]3(OC(=O)C=[N+]3[O-])[C@H]1C2. The molecule has 0 aromatic rings. The average molecular weight is 209 g/mol. The second-order valence-corrected chi connectivity index (χ2v) is 5.57. The van der Waals surface area contributed by atoms with Gasteiger partial charge in [-0.05, 0) is 24.2 Å². The highest BCUT2D eigenvalue weighted by Crippen LogP contribution is 2.64. The lowest BCUT2D eigenvalue weighted by molar-refractivity contribution is -0.621. The molecule has 2 bridgehead atoms. The molecular formula is C11H15NO3. The minimum Gasteiger partial charge on any atom is -0.621 e. The summed E-state index contributed by atoms with van der Waals surface area (Å²) in [6.07, 6.45) is 3.75. The van der Waals surface area contributed by atoms with Crippen molar-refractivity contribution in [2.24, 2.45) is 17.3 Å². The standard InChI is InChI=1S/C11H15NO3/c1-10(2)7-3-4-11(8(10)5-7)12(14)6-9(13)15-11/h6-8H,3-5H2,1-2H3/t7-,8-,11-/m0/s1. The molecule has 0 N–H and O–H groups in total. The van der Waals surface area contributed by atoms with Crippen molar-refractivity contribution in [3.8, 4) is 0 Å². The topological polar surface area (TPSA) is 52.4 Å². The molecule has 0 aromatic heterocycles. The number of ether oxygens (including phenoxy) is 1. The summed E-state index contributed by atoms with van der Waals surface area (Å²) in [6.45, 7) is 4.35. The van der Waals surface area contributed by atoms with Gasteiger partial charge >= 0.3 is 11.7 Å². The number of hydrogen-bond donors (Lipinski definition) is 0. The fourth-order valence-corrected chi connectivity index (χ4v) is 3.66. The van der Waals surface area contributed by atoms with Gasteiger partial charge in [-0.2, -0.15) is 4.74 Å². The minimum atomic E-state index is -0.866. The molecule has 4 rings (SSSR count). The molecule has 15 heavy (non-hydrogen) atoms. The Labute approximate surface area is 88.5 Å². The number of fused-ring (bicyclic) bond motifs is 1. The van der Waals surface area contributed by atoms with Gasteiger partial charge in [-0.1, -0.05) is 13.8 Å². The fraction of sp³-hybridized carbons (Fsp3) is 0.818. The highest BCUT2D eigenvalue weighted by Gasteiger charge is 2.69. The summed E-state index contributed by atoms with van der Waals surface area (Å²) >= 11 is 0. The fourth-order valence-electron chi connectivity index (χ4n) is 3.66. The van der Waals surface area contributed by atoms with Crippen LogP contribution in [-0.4, -0.2) is 22.6 Å². The van der Waals surface area contributed by atoms with E-state index < -0.39 is 11.7 Å². The van der Waals surface area contributed by atoms with E-state index in [0.29, 0.717) is 12.3 Å². The molecule has 3 aliphatic carbocycles.